The van der Waals surface area contributed by atoms with Crippen LogP contribution in [0.4, 0.5) is 0 Å². The Hall–Kier alpha value is -0.228. The van der Waals surface area contributed by atoms with E-state index in [0.29, 0.717) is 0 Å². The SMILES string of the molecule is C=CN=C[C](O)=[Cr]. The van der Waals surface area contributed by atoms with Crippen LogP contribution in [0.2, 0.25) is 0 Å². The Kier molecular flexibility index (Phi) is 3.82. The van der Waals surface area contributed by atoms with Gasteiger partial charge in [0, 0.05) is 0 Å². The van der Waals surface area contributed by atoms with Crippen molar-refractivity contribution in [2.75, 3.05) is 0 Å². The third-order valence-electron chi connectivity index (χ3n) is 0.290. The molecular formula is C4H5CrNO. The van der Waals surface area contributed by atoms with E-state index in [2.05, 4.69) is 27.4 Å². The van der Waals surface area contributed by atoms with Crippen molar-refractivity contribution < 1.29 is 21.0 Å². The zero-order valence-corrected chi connectivity index (χ0v) is 4.94. The van der Waals surface area contributed by atoms with Crippen LogP contribution in [0.1, 0.15) is 0 Å². The number of nitrogens with zero attached hydrogens (tertiary/aromatic N) is 1. The molecule has 0 fully saturated rings. The van der Waals surface area contributed by atoms with Gasteiger partial charge in [-0.05, 0) is 0 Å². The van der Waals surface area contributed by atoms with Gasteiger partial charge in [0.25, 0.3) is 0 Å². The van der Waals surface area contributed by atoms with Gasteiger partial charge in [-0.3, -0.25) is 0 Å². The van der Waals surface area contributed by atoms with Gasteiger partial charge in [-0.2, -0.15) is 0 Å². The Balaban J connectivity index is 3.46. The van der Waals surface area contributed by atoms with E-state index >= 15 is 0 Å². The molecule has 0 aromatic rings. The first kappa shape index (κ1) is 6.77. The second kappa shape index (κ2) is 3.95. The van der Waals surface area contributed by atoms with Crippen molar-refractivity contribution in [2.24, 2.45) is 4.99 Å². The summed E-state index contributed by atoms with van der Waals surface area (Å²) in [4.78, 5) is 3.49. The third kappa shape index (κ3) is 5.77. The van der Waals surface area contributed by atoms with Crippen LogP contribution in [0.5, 0.6) is 0 Å². The predicted molar refractivity (Wildman–Crippen MR) is 25.6 cm³/mol. The molecule has 3 heteroatoms. The molecule has 0 unspecified atom stereocenters. The minimum atomic E-state index is 0.0694. The standard InChI is InChI=1S/C4H5NO.Cr/c1-2-5-3-4-6;/h2-3,6H,1H2;. The second-order valence-electron chi connectivity index (χ2n) is 0.799. The van der Waals surface area contributed by atoms with Crippen LogP contribution in [0.15, 0.2) is 17.8 Å². The van der Waals surface area contributed by atoms with Crippen molar-refractivity contribution in [2.45, 2.75) is 0 Å². The number of hydrogen-bond acceptors (Lipinski definition) is 2. The van der Waals surface area contributed by atoms with Crippen LogP contribution in [0, 0.1) is 0 Å². The minimum absolute atomic E-state index is 0.0694. The zero-order chi connectivity index (χ0) is 5.70. The number of hydrogen-bond donors (Lipinski definition) is 1. The average Bonchev–Trinajstić information content (AvgIpc) is 1.61. The van der Waals surface area contributed by atoms with Crippen molar-refractivity contribution in [1.29, 1.82) is 0 Å². The van der Waals surface area contributed by atoms with Gasteiger partial charge in [0.2, 0.25) is 0 Å². The molecule has 0 aliphatic carbocycles. The Morgan fingerprint density at radius 1 is 1.86 bits per heavy atom. The summed E-state index contributed by atoms with van der Waals surface area (Å²) in [7, 11) is 0. The summed E-state index contributed by atoms with van der Waals surface area (Å²) in [6.45, 7) is 3.30. The van der Waals surface area contributed by atoms with Crippen molar-refractivity contribution in [3.8, 4) is 0 Å². The summed E-state index contributed by atoms with van der Waals surface area (Å²) in [5, 5.41) is 8.35. The van der Waals surface area contributed by atoms with Gasteiger partial charge in [-0.15, -0.1) is 0 Å². The Morgan fingerprint density at radius 3 is 2.57 bits per heavy atom. The van der Waals surface area contributed by atoms with E-state index < -0.39 is 0 Å². The summed E-state index contributed by atoms with van der Waals surface area (Å²) < 4.78 is 0.0694. The molecule has 0 aliphatic rings. The van der Waals surface area contributed by atoms with E-state index in [1.54, 1.807) is 0 Å². The summed E-state index contributed by atoms with van der Waals surface area (Å²) in [5.41, 5.74) is 0. The van der Waals surface area contributed by atoms with Gasteiger partial charge in [0.1, 0.15) is 0 Å². The van der Waals surface area contributed by atoms with E-state index in [9.17, 15) is 0 Å². The fourth-order valence-electron chi connectivity index (χ4n) is 0.116. The van der Waals surface area contributed by atoms with Crippen LogP contribution < -0.4 is 0 Å². The molecule has 0 aromatic carbocycles. The first-order valence-electron chi connectivity index (χ1n) is 1.64. The van der Waals surface area contributed by atoms with Crippen LogP contribution in [-0.4, -0.2) is 15.9 Å². The summed E-state index contributed by atoms with van der Waals surface area (Å²) >= 11 is 2.35. The molecule has 2 nitrogen and oxygen atoms in total. The molecule has 7 heavy (non-hydrogen) atoms. The third-order valence-corrected chi connectivity index (χ3v) is 0.455. The van der Waals surface area contributed by atoms with Gasteiger partial charge in [0.05, 0.1) is 0 Å². The van der Waals surface area contributed by atoms with E-state index in [4.69, 9.17) is 5.11 Å². The van der Waals surface area contributed by atoms with E-state index in [-0.39, 0.29) is 4.57 Å². The van der Waals surface area contributed by atoms with Gasteiger partial charge in [-0.1, -0.05) is 0 Å². The van der Waals surface area contributed by atoms with Crippen molar-refractivity contribution in [3.63, 3.8) is 0 Å². The second-order valence-corrected chi connectivity index (χ2v) is 1.45. The first-order valence-corrected chi connectivity index (χ1v) is 2.28. The average molecular weight is 135 g/mol. The number of aliphatic hydroxyl groups is 1. The van der Waals surface area contributed by atoms with Gasteiger partial charge in [-0.25, -0.2) is 0 Å². The Bertz CT molecular complexity index is 108. The Morgan fingerprint density at radius 2 is 2.43 bits per heavy atom. The molecule has 0 saturated heterocycles. The van der Waals surface area contributed by atoms with Crippen LogP contribution in [0.3, 0.4) is 0 Å². The molecule has 0 heterocycles. The summed E-state index contributed by atoms with van der Waals surface area (Å²) in [6.07, 6.45) is 2.61. The van der Waals surface area contributed by atoms with Crippen molar-refractivity contribution in [3.05, 3.63) is 12.8 Å². The maximum absolute atomic E-state index is 8.35. The Labute approximate surface area is 50.2 Å². The van der Waals surface area contributed by atoms with Crippen molar-refractivity contribution in [1.82, 2.24) is 0 Å². The quantitative estimate of drug-likeness (QED) is 0.541. The molecule has 1 N–H and O–H groups in total. The summed E-state index contributed by atoms with van der Waals surface area (Å²) in [6, 6.07) is 0. The molecule has 0 saturated carbocycles. The topological polar surface area (TPSA) is 32.6 Å². The first-order chi connectivity index (χ1) is 3.27. The molecular weight excluding hydrogens is 130 g/mol. The van der Waals surface area contributed by atoms with Gasteiger partial charge in [0.15, 0.2) is 0 Å². The van der Waals surface area contributed by atoms with Gasteiger partial charge >= 0.3 is 49.5 Å². The molecule has 38 valence electrons. The monoisotopic (exact) mass is 135 g/mol. The van der Waals surface area contributed by atoms with Crippen molar-refractivity contribution >= 4 is 10.8 Å². The molecule has 0 radical (unpaired) electrons. The van der Waals surface area contributed by atoms with Crippen LogP contribution >= 0.6 is 0 Å². The molecule has 0 aromatic heterocycles. The number of aliphatic imine (C=N–C) groups is 1. The molecule has 0 amide bonds. The van der Waals surface area contributed by atoms with Gasteiger partial charge < -0.3 is 0 Å². The normalized spacial score (nSPS) is 9.29. The summed E-state index contributed by atoms with van der Waals surface area (Å²) in [5.74, 6) is 0. The molecule has 0 bridgehead atoms. The molecule has 0 rings (SSSR count). The van der Waals surface area contributed by atoms with E-state index in [0.717, 1.165) is 0 Å². The molecule has 0 atom stereocenters. The predicted octanol–water partition coefficient (Wildman–Crippen LogP) is 0.250. The van der Waals surface area contributed by atoms with E-state index in [1.165, 1.54) is 12.4 Å². The van der Waals surface area contributed by atoms with Crippen LogP contribution in [-0.2, 0) is 15.9 Å². The fraction of sp³-hybridized carbons (Fsp3) is 0. The maximum atomic E-state index is 8.35. The number of rotatable bonds is 2. The molecule has 0 aliphatic heterocycles. The number of aliphatic hydroxyl groups excluding tert-OH is 1. The zero-order valence-electron chi connectivity index (χ0n) is 3.66. The van der Waals surface area contributed by atoms with E-state index in [1.807, 2.05) is 0 Å². The fourth-order valence-corrected chi connectivity index (χ4v) is 0.212. The van der Waals surface area contributed by atoms with Crippen LogP contribution in [0.25, 0.3) is 0 Å². The molecule has 0 spiro atoms.